The zero-order chi connectivity index (χ0) is 13.7. The fourth-order valence-corrected chi connectivity index (χ4v) is 2.41. The van der Waals surface area contributed by atoms with Gasteiger partial charge in [0.2, 0.25) is 0 Å². The number of nitrogens with zero attached hydrogens (tertiary/aromatic N) is 1. The van der Waals surface area contributed by atoms with Gasteiger partial charge in [-0.2, -0.15) is 0 Å². The number of carbonyl (C=O) groups is 1. The molecular weight excluding hydrogens is 353 g/mol. The van der Waals surface area contributed by atoms with Crippen molar-refractivity contribution in [1.82, 2.24) is 15.3 Å². The number of imidazole rings is 1. The summed E-state index contributed by atoms with van der Waals surface area (Å²) in [4.78, 5) is 19.2. The minimum absolute atomic E-state index is 0.00690. The maximum Gasteiger partial charge on any atom is 0.252 e. The van der Waals surface area contributed by atoms with E-state index in [4.69, 9.17) is 0 Å². The molecule has 100 valence electrons. The largest absolute Gasteiger partial charge is 0.352 e. The monoisotopic (exact) mass is 369 g/mol. The van der Waals surface area contributed by atoms with E-state index in [1.54, 1.807) is 6.20 Å². The summed E-state index contributed by atoms with van der Waals surface area (Å²) in [5.74, 6) is 0.951. The molecule has 0 aliphatic rings. The van der Waals surface area contributed by atoms with E-state index in [1.807, 2.05) is 31.3 Å². The molecule has 1 amide bonds. The fourth-order valence-electron chi connectivity index (χ4n) is 1.81. The third kappa shape index (κ3) is 3.79. The van der Waals surface area contributed by atoms with Crippen LogP contribution in [0.5, 0.6) is 0 Å². The molecule has 1 aromatic carbocycles. The van der Waals surface area contributed by atoms with Crippen LogP contribution in [0, 0.1) is 10.5 Å². The Hall–Kier alpha value is -1.37. The van der Waals surface area contributed by atoms with E-state index in [0.717, 1.165) is 33.4 Å². The highest BCUT2D eigenvalue weighted by Crippen LogP contribution is 2.16. The van der Waals surface area contributed by atoms with Gasteiger partial charge in [-0.25, -0.2) is 4.98 Å². The Kier molecular flexibility index (Phi) is 4.95. The third-order valence-corrected chi connectivity index (χ3v) is 4.30. The van der Waals surface area contributed by atoms with Crippen LogP contribution in [0.1, 0.15) is 28.2 Å². The van der Waals surface area contributed by atoms with Crippen LogP contribution in [0.2, 0.25) is 0 Å². The van der Waals surface area contributed by atoms with E-state index in [-0.39, 0.29) is 5.91 Å². The maximum atomic E-state index is 12.0. The van der Waals surface area contributed by atoms with Gasteiger partial charge >= 0.3 is 0 Å². The Balaban J connectivity index is 1.83. The van der Waals surface area contributed by atoms with Crippen LogP contribution in [-0.4, -0.2) is 22.4 Å². The minimum Gasteiger partial charge on any atom is -0.352 e. The number of hydrogen-bond donors (Lipinski definition) is 2. The van der Waals surface area contributed by atoms with Crippen LogP contribution in [-0.2, 0) is 6.42 Å². The van der Waals surface area contributed by atoms with Crippen LogP contribution in [0.25, 0.3) is 0 Å². The molecule has 1 aromatic heterocycles. The van der Waals surface area contributed by atoms with Crippen molar-refractivity contribution in [1.29, 1.82) is 0 Å². The average Bonchev–Trinajstić information content (AvgIpc) is 2.91. The van der Waals surface area contributed by atoms with E-state index < -0.39 is 0 Å². The fraction of sp³-hybridized carbons (Fsp3) is 0.286. The van der Waals surface area contributed by atoms with Crippen molar-refractivity contribution >= 4 is 28.5 Å². The molecule has 0 radical (unpaired) electrons. The molecule has 0 saturated heterocycles. The first-order chi connectivity index (χ1) is 9.18. The quantitative estimate of drug-likeness (QED) is 0.629. The molecule has 0 unspecified atom stereocenters. The number of nitrogens with one attached hydrogen (secondary N) is 2. The zero-order valence-electron chi connectivity index (χ0n) is 10.7. The van der Waals surface area contributed by atoms with Crippen molar-refractivity contribution in [2.24, 2.45) is 0 Å². The standard InChI is InChI=1S/C14H16IN3O/c1-10-4-2-5-11(13(10)15)14(19)18-7-3-6-12-16-8-9-17-12/h2,4-5,8-9H,3,6-7H2,1H3,(H,16,17)(H,18,19). The lowest BCUT2D eigenvalue weighted by atomic mass is 10.1. The molecule has 19 heavy (non-hydrogen) atoms. The number of carbonyl (C=O) groups excluding carboxylic acids is 1. The summed E-state index contributed by atoms with van der Waals surface area (Å²) in [6, 6.07) is 5.78. The van der Waals surface area contributed by atoms with Crippen LogP contribution >= 0.6 is 22.6 Å². The first-order valence-electron chi connectivity index (χ1n) is 6.20. The highest BCUT2D eigenvalue weighted by Gasteiger charge is 2.10. The number of rotatable bonds is 5. The van der Waals surface area contributed by atoms with Gasteiger partial charge < -0.3 is 10.3 Å². The topological polar surface area (TPSA) is 57.8 Å². The summed E-state index contributed by atoms with van der Waals surface area (Å²) in [5.41, 5.74) is 1.88. The molecule has 2 aromatic rings. The van der Waals surface area contributed by atoms with Gasteiger partial charge in [0, 0.05) is 28.9 Å². The van der Waals surface area contributed by atoms with Crippen LogP contribution in [0.15, 0.2) is 30.6 Å². The third-order valence-electron chi connectivity index (χ3n) is 2.87. The van der Waals surface area contributed by atoms with Gasteiger partial charge in [-0.3, -0.25) is 4.79 Å². The Morgan fingerprint density at radius 3 is 3.05 bits per heavy atom. The summed E-state index contributed by atoms with van der Waals surface area (Å²) in [6.07, 6.45) is 5.27. The van der Waals surface area contributed by atoms with Crippen molar-refractivity contribution in [3.63, 3.8) is 0 Å². The second-order valence-electron chi connectivity index (χ2n) is 4.33. The first-order valence-corrected chi connectivity index (χ1v) is 7.28. The number of hydrogen-bond acceptors (Lipinski definition) is 2. The van der Waals surface area contributed by atoms with Gasteiger partial charge in [0.25, 0.3) is 5.91 Å². The van der Waals surface area contributed by atoms with Crippen LogP contribution in [0.3, 0.4) is 0 Å². The number of halogens is 1. The van der Waals surface area contributed by atoms with Gasteiger partial charge in [-0.05, 0) is 47.6 Å². The molecule has 0 aliphatic carbocycles. The Labute approximate surface area is 126 Å². The summed E-state index contributed by atoms with van der Waals surface area (Å²) < 4.78 is 1.02. The summed E-state index contributed by atoms with van der Waals surface area (Å²) in [6.45, 7) is 2.67. The summed E-state index contributed by atoms with van der Waals surface area (Å²) >= 11 is 2.21. The van der Waals surface area contributed by atoms with Gasteiger partial charge in [0.05, 0.1) is 5.56 Å². The first kappa shape index (κ1) is 14.0. The lowest BCUT2D eigenvalue weighted by Crippen LogP contribution is -2.25. The smallest absolute Gasteiger partial charge is 0.252 e. The Morgan fingerprint density at radius 1 is 1.47 bits per heavy atom. The molecule has 0 bridgehead atoms. The molecule has 4 nitrogen and oxygen atoms in total. The maximum absolute atomic E-state index is 12.0. The SMILES string of the molecule is Cc1cccc(C(=O)NCCCc2ncc[nH]2)c1I. The number of H-pyrrole nitrogens is 1. The predicted molar refractivity (Wildman–Crippen MR) is 83.1 cm³/mol. The number of benzene rings is 1. The van der Waals surface area contributed by atoms with Crippen molar-refractivity contribution in [2.75, 3.05) is 6.54 Å². The number of aryl methyl sites for hydroxylation is 2. The van der Waals surface area contributed by atoms with Gasteiger partial charge in [-0.1, -0.05) is 12.1 Å². The van der Waals surface area contributed by atoms with Gasteiger partial charge in [0.1, 0.15) is 5.82 Å². The molecular formula is C14H16IN3O. The van der Waals surface area contributed by atoms with Crippen molar-refractivity contribution in [2.45, 2.75) is 19.8 Å². The van der Waals surface area contributed by atoms with Crippen molar-refractivity contribution < 1.29 is 4.79 Å². The van der Waals surface area contributed by atoms with Gasteiger partial charge in [0.15, 0.2) is 0 Å². The summed E-state index contributed by atoms with van der Waals surface area (Å²) in [7, 11) is 0. The summed E-state index contributed by atoms with van der Waals surface area (Å²) in [5, 5.41) is 2.94. The van der Waals surface area contributed by atoms with E-state index >= 15 is 0 Å². The van der Waals surface area contributed by atoms with Gasteiger partial charge in [-0.15, -0.1) is 0 Å². The van der Waals surface area contributed by atoms with Crippen molar-refractivity contribution in [3.8, 4) is 0 Å². The Bertz CT molecular complexity index is 552. The normalized spacial score (nSPS) is 10.4. The molecule has 0 fully saturated rings. The predicted octanol–water partition coefficient (Wildman–Crippen LogP) is 2.69. The minimum atomic E-state index is -0.00690. The zero-order valence-corrected chi connectivity index (χ0v) is 12.9. The lowest BCUT2D eigenvalue weighted by molar-refractivity contribution is 0.0952. The molecule has 0 saturated carbocycles. The van der Waals surface area contributed by atoms with E-state index in [1.165, 1.54) is 0 Å². The van der Waals surface area contributed by atoms with E-state index in [2.05, 4.69) is 37.9 Å². The Morgan fingerprint density at radius 2 is 2.32 bits per heavy atom. The van der Waals surface area contributed by atoms with Crippen LogP contribution < -0.4 is 5.32 Å². The van der Waals surface area contributed by atoms with E-state index in [9.17, 15) is 4.79 Å². The van der Waals surface area contributed by atoms with Crippen LogP contribution in [0.4, 0.5) is 0 Å². The molecule has 0 spiro atoms. The highest BCUT2D eigenvalue weighted by molar-refractivity contribution is 14.1. The highest BCUT2D eigenvalue weighted by atomic mass is 127. The lowest BCUT2D eigenvalue weighted by Gasteiger charge is -2.08. The molecule has 0 atom stereocenters. The molecule has 0 aliphatic heterocycles. The molecule has 5 heteroatoms. The molecule has 1 heterocycles. The van der Waals surface area contributed by atoms with E-state index in [0.29, 0.717) is 6.54 Å². The second kappa shape index (κ2) is 6.70. The number of amides is 1. The average molecular weight is 369 g/mol. The second-order valence-corrected chi connectivity index (χ2v) is 5.41. The molecule has 2 rings (SSSR count). The number of aromatic amines is 1. The van der Waals surface area contributed by atoms with Crippen molar-refractivity contribution in [3.05, 3.63) is 51.1 Å². The number of aromatic nitrogens is 2. The molecule has 2 N–H and O–H groups in total.